The summed E-state index contributed by atoms with van der Waals surface area (Å²) in [6.45, 7) is 8.65. The van der Waals surface area contributed by atoms with E-state index in [0.29, 0.717) is 13.2 Å². The molecule has 4 unspecified atom stereocenters. The Morgan fingerprint density at radius 3 is 1.48 bits per heavy atom. The number of fused-ring (bicyclic) bond motifs is 2. The van der Waals surface area contributed by atoms with Crippen LogP contribution in [0.2, 0.25) is 0 Å². The zero-order valence-electron chi connectivity index (χ0n) is 16.7. The molecule has 27 heavy (non-hydrogen) atoms. The van der Waals surface area contributed by atoms with Crippen molar-refractivity contribution in [2.24, 2.45) is 0 Å². The number of aliphatic hydroxyl groups is 3. The van der Waals surface area contributed by atoms with Crippen molar-refractivity contribution in [1.29, 1.82) is 0 Å². The van der Waals surface area contributed by atoms with Crippen molar-refractivity contribution in [1.82, 2.24) is 0 Å². The molecule has 0 aromatic carbocycles. The van der Waals surface area contributed by atoms with Crippen molar-refractivity contribution >= 4 is 0 Å². The molecule has 4 saturated heterocycles. The standard InChI is InChI=1S/C9H16O4.C6H10O4.C4H10/c1-2-3-11-7-5-13-8-6(10)4-12-9(7)8;7-3-1-9-6-4(8)2-10-5(3)6;1-3-4-2/h6-10H,2-5H2,1H3;3-8H,1-2H2;3-4H2,1-2H3/t6?,7?,8-,9-;3?,4?,5-,6-;/m11./s1. The number of hydrogen-bond donors (Lipinski definition) is 3. The van der Waals surface area contributed by atoms with E-state index < -0.39 is 18.3 Å². The van der Waals surface area contributed by atoms with Crippen LogP contribution < -0.4 is 0 Å². The van der Waals surface area contributed by atoms with Gasteiger partial charge < -0.3 is 39.0 Å². The second-order valence-corrected chi connectivity index (χ2v) is 7.30. The lowest BCUT2D eigenvalue weighted by Gasteiger charge is -2.15. The third kappa shape index (κ3) is 6.08. The number of unbranched alkanes of at least 4 members (excludes halogenated alkanes) is 1. The number of hydrogen-bond acceptors (Lipinski definition) is 8. The highest BCUT2D eigenvalue weighted by Crippen LogP contribution is 2.28. The van der Waals surface area contributed by atoms with Crippen molar-refractivity contribution in [3.8, 4) is 0 Å². The zero-order chi connectivity index (χ0) is 19.8. The Morgan fingerprint density at radius 2 is 1.04 bits per heavy atom. The molecule has 4 aliphatic heterocycles. The van der Waals surface area contributed by atoms with Crippen LogP contribution in [0.5, 0.6) is 0 Å². The maximum atomic E-state index is 9.44. The summed E-state index contributed by atoms with van der Waals surface area (Å²) in [7, 11) is 0. The van der Waals surface area contributed by atoms with Crippen molar-refractivity contribution in [2.45, 2.75) is 88.9 Å². The van der Waals surface area contributed by atoms with Gasteiger partial charge in [-0.2, -0.15) is 0 Å². The second kappa shape index (κ2) is 11.6. The first-order valence-electron chi connectivity index (χ1n) is 10.2. The normalized spacial score (nSPS) is 42.0. The number of ether oxygens (including phenoxy) is 5. The lowest BCUT2D eigenvalue weighted by atomic mass is 10.1. The number of rotatable bonds is 4. The minimum absolute atomic E-state index is 0.0158. The average molecular weight is 392 g/mol. The third-order valence-electron chi connectivity index (χ3n) is 5.02. The summed E-state index contributed by atoms with van der Waals surface area (Å²) >= 11 is 0. The molecule has 160 valence electrons. The quantitative estimate of drug-likeness (QED) is 0.625. The Labute approximate surface area is 161 Å². The summed E-state index contributed by atoms with van der Waals surface area (Å²) in [5, 5.41) is 27.7. The van der Waals surface area contributed by atoms with Gasteiger partial charge >= 0.3 is 0 Å². The van der Waals surface area contributed by atoms with E-state index in [2.05, 4.69) is 20.8 Å². The van der Waals surface area contributed by atoms with Crippen LogP contribution >= 0.6 is 0 Å². The summed E-state index contributed by atoms with van der Waals surface area (Å²) in [5.74, 6) is 0. The van der Waals surface area contributed by atoms with Crippen LogP contribution in [0, 0.1) is 0 Å². The van der Waals surface area contributed by atoms with Crippen LogP contribution in [-0.4, -0.2) is 97.2 Å². The Kier molecular flexibility index (Phi) is 9.89. The van der Waals surface area contributed by atoms with Crippen LogP contribution in [0.15, 0.2) is 0 Å². The Bertz CT molecular complexity index is 391. The molecule has 4 aliphatic rings. The topological polar surface area (TPSA) is 107 Å². The summed E-state index contributed by atoms with van der Waals surface area (Å²) in [6, 6.07) is 0. The molecule has 8 heteroatoms. The highest BCUT2D eigenvalue weighted by molar-refractivity contribution is 4.95. The summed E-state index contributed by atoms with van der Waals surface area (Å²) < 4.78 is 26.5. The fourth-order valence-corrected chi connectivity index (χ4v) is 3.31. The molecule has 4 rings (SSSR count). The van der Waals surface area contributed by atoms with Crippen molar-refractivity contribution < 1.29 is 39.0 Å². The predicted octanol–water partition coefficient (Wildman–Crippen LogP) is 0.252. The van der Waals surface area contributed by atoms with Gasteiger partial charge in [0.2, 0.25) is 0 Å². The maximum Gasteiger partial charge on any atom is 0.115 e. The largest absolute Gasteiger partial charge is 0.388 e. The van der Waals surface area contributed by atoms with Crippen molar-refractivity contribution in [3.63, 3.8) is 0 Å². The van der Waals surface area contributed by atoms with Gasteiger partial charge in [-0.3, -0.25) is 0 Å². The van der Waals surface area contributed by atoms with E-state index in [1.54, 1.807) is 0 Å². The smallest absolute Gasteiger partial charge is 0.115 e. The molecular formula is C19H36O8. The van der Waals surface area contributed by atoms with Crippen molar-refractivity contribution in [3.05, 3.63) is 0 Å². The highest BCUT2D eigenvalue weighted by Gasteiger charge is 2.47. The molecule has 0 aromatic heterocycles. The molecule has 8 nitrogen and oxygen atoms in total. The minimum Gasteiger partial charge on any atom is -0.388 e. The van der Waals surface area contributed by atoms with Crippen LogP contribution in [-0.2, 0) is 23.7 Å². The molecule has 8 atom stereocenters. The lowest BCUT2D eigenvalue weighted by Crippen LogP contribution is -2.32. The first-order valence-corrected chi connectivity index (χ1v) is 10.2. The fourth-order valence-electron chi connectivity index (χ4n) is 3.31. The summed E-state index contributed by atoms with van der Waals surface area (Å²) in [4.78, 5) is 0. The minimum atomic E-state index is -0.554. The molecule has 0 saturated carbocycles. The second-order valence-electron chi connectivity index (χ2n) is 7.30. The van der Waals surface area contributed by atoms with Crippen LogP contribution in [0.25, 0.3) is 0 Å². The molecule has 4 fully saturated rings. The van der Waals surface area contributed by atoms with Gasteiger partial charge in [0.15, 0.2) is 0 Å². The summed E-state index contributed by atoms with van der Waals surface area (Å²) in [6.07, 6.45) is 1.26. The van der Waals surface area contributed by atoms with E-state index in [1.807, 2.05) is 0 Å². The van der Waals surface area contributed by atoms with Gasteiger partial charge in [0.25, 0.3) is 0 Å². The van der Waals surface area contributed by atoms with Gasteiger partial charge in [-0.05, 0) is 6.42 Å². The maximum absolute atomic E-state index is 9.44. The van der Waals surface area contributed by atoms with Crippen LogP contribution in [0.1, 0.15) is 40.0 Å². The van der Waals surface area contributed by atoms with E-state index in [4.69, 9.17) is 33.9 Å². The molecule has 0 spiro atoms. The molecule has 0 radical (unpaired) electrons. The molecule has 3 N–H and O–H groups in total. The zero-order valence-corrected chi connectivity index (χ0v) is 16.7. The van der Waals surface area contributed by atoms with E-state index in [1.165, 1.54) is 12.8 Å². The molecule has 0 bridgehead atoms. The molecule has 0 amide bonds. The molecule has 4 heterocycles. The van der Waals surface area contributed by atoms with Gasteiger partial charge in [-0.1, -0.05) is 33.6 Å². The van der Waals surface area contributed by atoms with E-state index in [9.17, 15) is 5.11 Å². The molecular weight excluding hydrogens is 356 g/mol. The van der Waals surface area contributed by atoms with E-state index in [0.717, 1.165) is 13.0 Å². The molecule has 0 aromatic rings. The predicted molar refractivity (Wildman–Crippen MR) is 97.6 cm³/mol. The van der Waals surface area contributed by atoms with Gasteiger partial charge in [-0.25, -0.2) is 0 Å². The SMILES string of the molecule is CCCC.CCCOC1CO[C@@H]2C(O)CO[C@H]12.OC1CO[C@@H]2C(O)CO[C@H]12. The molecule has 0 aliphatic carbocycles. The highest BCUT2D eigenvalue weighted by atomic mass is 16.6. The van der Waals surface area contributed by atoms with E-state index >= 15 is 0 Å². The van der Waals surface area contributed by atoms with Crippen LogP contribution in [0.4, 0.5) is 0 Å². The average Bonchev–Trinajstić information content (AvgIpc) is 3.42. The lowest BCUT2D eigenvalue weighted by molar-refractivity contribution is -0.0366. The summed E-state index contributed by atoms with van der Waals surface area (Å²) in [5.41, 5.74) is 0. The Balaban J connectivity index is 0.000000166. The van der Waals surface area contributed by atoms with Gasteiger partial charge in [0.1, 0.15) is 48.8 Å². The first kappa shape index (κ1) is 23.0. The van der Waals surface area contributed by atoms with Crippen LogP contribution in [0.3, 0.4) is 0 Å². The fraction of sp³-hybridized carbons (Fsp3) is 1.00. The van der Waals surface area contributed by atoms with Gasteiger partial charge in [-0.15, -0.1) is 0 Å². The number of aliphatic hydroxyl groups excluding tert-OH is 3. The van der Waals surface area contributed by atoms with Gasteiger partial charge in [0, 0.05) is 6.61 Å². The van der Waals surface area contributed by atoms with Crippen molar-refractivity contribution in [2.75, 3.05) is 33.0 Å². The monoisotopic (exact) mass is 392 g/mol. The Hall–Kier alpha value is -0.320. The van der Waals surface area contributed by atoms with E-state index in [-0.39, 0.29) is 43.7 Å². The first-order chi connectivity index (χ1) is 13.0. The Morgan fingerprint density at radius 1 is 0.630 bits per heavy atom. The van der Waals surface area contributed by atoms with Gasteiger partial charge in [0.05, 0.1) is 26.4 Å². The third-order valence-corrected chi connectivity index (χ3v) is 5.02.